The minimum atomic E-state index is -5.99. The van der Waals surface area contributed by atoms with Crippen LogP contribution in [0.4, 0.5) is 35.1 Å². The lowest BCUT2D eigenvalue weighted by Gasteiger charge is -2.25. The van der Waals surface area contributed by atoms with E-state index in [1.54, 1.807) is 0 Å². The number of aliphatic hydroxyl groups excluding tert-OH is 1. The maximum atomic E-state index is 12.8. The van der Waals surface area contributed by atoms with Crippen LogP contribution in [0.3, 0.4) is 0 Å². The van der Waals surface area contributed by atoms with Crippen molar-refractivity contribution < 1.29 is 45.0 Å². The highest BCUT2D eigenvalue weighted by Crippen LogP contribution is 2.44. The summed E-state index contributed by atoms with van der Waals surface area (Å²) in [6, 6.07) is 1.98. The van der Waals surface area contributed by atoms with E-state index in [1.807, 2.05) is 0 Å². The van der Waals surface area contributed by atoms with Crippen LogP contribution in [0, 0.1) is 0 Å². The summed E-state index contributed by atoms with van der Waals surface area (Å²) in [4.78, 5) is 0. The normalized spacial score (nSPS) is 15.1. The lowest BCUT2D eigenvalue weighted by Crippen LogP contribution is -2.42. The van der Waals surface area contributed by atoms with E-state index >= 15 is 0 Å². The van der Waals surface area contributed by atoms with Gasteiger partial charge in [0, 0.05) is 0 Å². The molecule has 0 saturated carbocycles. The first-order valence-electron chi connectivity index (χ1n) is 4.83. The van der Waals surface area contributed by atoms with E-state index in [0.29, 0.717) is 24.3 Å². The molecule has 0 aliphatic heterocycles. The van der Waals surface area contributed by atoms with Gasteiger partial charge in [-0.15, -0.1) is 13.2 Å². The van der Waals surface area contributed by atoms with Gasteiger partial charge in [0.2, 0.25) is 0 Å². The van der Waals surface area contributed by atoms with Crippen LogP contribution in [0.25, 0.3) is 0 Å². The average molecular weight is 310 g/mol. The van der Waals surface area contributed by atoms with E-state index in [4.69, 9.17) is 5.11 Å². The maximum Gasteiger partial charge on any atom is 0.573 e. The molecule has 0 fully saturated rings. The van der Waals surface area contributed by atoms with Crippen molar-refractivity contribution in [3.8, 4) is 5.75 Å². The highest BCUT2D eigenvalue weighted by Gasteiger charge is 2.62. The molecule has 20 heavy (non-hydrogen) atoms. The number of alkyl halides is 8. The van der Waals surface area contributed by atoms with Crippen LogP contribution >= 0.6 is 0 Å². The molecule has 1 N–H and O–H groups in total. The predicted octanol–water partition coefficient (Wildman–Crippen LogP) is 3.82. The number of rotatable bonds is 3. The van der Waals surface area contributed by atoms with Gasteiger partial charge in [-0.2, -0.15) is 22.0 Å². The van der Waals surface area contributed by atoms with Crippen LogP contribution in [0.15, 0.2) is 24.3 Å². The van der Waals surface area contributed by atoms with Gasteiger partial charge in [-0.3, -0.25) is 0 Å². The largest absolute Gasteiger partial charge is 0.573 e. The summed E-state index contributed by atoms with van der Waals surface area (Å²) in [7, 11) is 0. The molecular weight excluding hydrogens is 304 g/mol. The summed E-state index contributed by atoms with van der Waals surface area (Å²) in [5, 5.41) is 8.97. The molecule has 0 radical (unpaired) electrons. The molecular formula is C10H6F8O2. The van der Waals surface area contributed by atoms with E-state index in [9.17, 15) is 35.1 Å². The Morgan fingerprint density at radius 1 is 0.850 bits per heavy atom. The monoisotopic (exact) mass is 310 g/mol. The van der Waals surface area contributed by atoms with Crippen LogP contribution < -0.4 is 4.74 Å². The number of aliphatic hydroxyl groups is 1. The van der Waals surface area contributed by atoms with Crippen molar-refractivity contribution in [3.63, 3.8) is 0 Å². The van der Waals surface area contributed by atoms with Gasteiger partial charge in [-0.25, -0.2) is 0 Å². The molecule has 0 aliphatic rings. The number of halogens is 8. The van der Waals surface area contributed by atoms with Crippen molar-refractivity contribution >= 4 is 0 Å². The molecule has 0 aromatic heterocycles. The zero-order chi connectivity index (χ0) is 15.8. The van der Waals surface area contributed by atoms with E-state index in [1.165, 1.54) is 0 Å². The third-order valence-electron chi connectivity index (χ3n) is 2.15. The SMILES string of the molecule is OC(c1ccc(OC(F)(F)F)cc1)C(F)(F)C(F)(F)F. The first-order chi connectivity index (χ1) is 8.84. The lowest BCUT2D eigenvalue weighted by molar-refractivity contribution is -0.315. The molecule has 1 aromatic rings. The first kappa shape index (κ1) is 16.5. The highest BCUT2D eigenvalue weighted by molar-refractivity contribution is 5.29. The molecule has 0 heterocycles. The van der Waals surface area contributed by atoms with Crippen molar-refractivity contribution in [2.24, 2.45) is 0 Å². The quantitative estimate of drug-likeness (QED) is 0.860. The van der Waals surface area contributed by atoms with Crippen molar-refractivity contribution in [2.45, 2.75) is 24.6 Å². The van der Waals surface area contributed by atoms with Crippen molar-refractivity contribution in [3.05, 3.63) is 29.8 Å². The molecule has 1 unspecified atom stereocenters. The zero-order valence-corrected chi connectivity index (χ0v) is 9.27. The Bertz CT molecular complexity index is 448. The Hall–Kier alpha value is -1.58. The van der Waals surface area contributed by atoms with Crippen molar-refractivity contribution in [1.29, 1.82) is 0 Å². The van der Waals surface area contributed by atoms with Crippen molar-refractivity contribution in [1.82, 2.24) is 0 Å². The van der Waals surface area contributed by atoms with Crippen LogP contribution in [-0.4, -0.2) is 23.6 Å². The lowest BCUT2D eigenvalue weighted by atomic mass is 10.0. The van der Waals surface area contributed by atoms with E-state index in [2.05, 4.69) is 4.74 Å². The van der Waals surface area contributed by atoms with E-state index in [-0.39, 0.29) is 0 Å². The summed E-state index contributed by atoms with van der Waals surface area (Å²) in [5.41, 5.74) is -0.901. The summed E-state index contributed by atoms with van der Waals surface area (Å²) < 4.78 is 100. The standard InChI is InChI=1S/C10H6F8O2/c11-8(12,9(13,14)15)7(19)5-1-3-6(4-2-5)20-10(16,17)18/h1-4,7,19H. The fraction of sp³-hybridized carbons (Fsp3) is 0.400. The summed E-state index contributed by atoms with van der Waals surface area (Å²) in [6.07, 6.45) is -14.3. The van der Waals surface area contributed by atoms with Gasteiger partial charge in [0.15, 0.2) is 6.10 Å². The topological polar surface area (TPSA) is 29.5 Å². The molecule has 10 heteroatoms. The van der Waals surface area contributed by atoms with Crippen LogP contribution in [-0.2, 0) is 0 Å². The molecule has 2 nitrogen and oxygen atoms in total. The third-order valence-corrected chi connectivity index (χ3v) is 2.15. The molecule has 0 amide bonds. The molecule has 1 rings (SSSR count). The minimum Gasteiger partial charge on any atom is -0.406 e. The number of ether oxygens (including phenoxy) is 1. The van der Waals surface area contributed by atoms with Crippen LogP contribution in [0.1, 0.15) is 11.7 Å². The molecule has 0 saturated heterocycles. The Labute approximate surface area is 106 Å². The fourth-order valence-electron chi connectivity index (χ4n) is 1.22. The Balaban J connectivity index is 2.94. The van der Waals surface area contributed by atoms with Gasteiger partial charge >= 0.3 is 18.5 Å². The first-order valence-corrected chi connectivity index (χ1v) is 4.83. The third kappa shape index (κ3) is 3.71. The van der Waals surface area contributed by atoms with E-state index in [0.717, 1.165) is 0 Å². The molecule has 1 atom stereocenters. The number of hydrogen-bond donors (Lipinski definition) is 1. The van der Waals surface area contributed by atoms with Gasteiger partial charge in [0.05, 0.1) is 0 Å². The summed E-state index contributed by atoms with van der Waals surface area (Å²) in [6.45, 7) is 0. The highest BCUT2D eigenvalue weighted by atomic mass is 19.4. The Morgan fingerprint density at radius 2 is 1.30 bits per heavy atom. The second kappa shape index (κ2) is 5.08. The smallest absolute Gasteiger partial charge is 0.406 e. The average Bonchev–Trinajstić information content (AvgIpc) is 2.25. The van der Waals surface area contributed by atoms with Gasteiger partial charge in [0.25, 0.3) is 0 Å². The Kier molecular flexibility index (Phi) is 4.18. The molecule has 0 bridgehead atoms. The van der Waals surface area contributed by atoms with Gasteiger partial charge in [0.1, 0.15) is 5.75 Å². The van der Waals surface area contributed by atoms with Crippen molar-refractivity contribution in [2.75, 3.05) is 0 Å². The summed E-state index contributed by atoms with van der Waals surface area (Å²) in [5.74, 6) is -6.25. The fourth-order valence-corrected chi connectivity index (χ4v) is 1.22. The van der Waals surface area contributed by atoms with Gasteiger partial charge in [-0.05, 0) is 17.7 Å². The van der Waals surface area contributed by atoms with Crippen LogP contribution in [0.2, 0.25) is 0 Å². The predicted molar refractivity (Wildman–Crippen MR) is 49.1 cm³/mol. The maximum absolute atomic E-state index is 12.8. The second-order valence-electron chi connectivity index (χ2n) is 3.64. The second-order valence-corrected chi connectivity index (χ2v) is 3.64. The summed E-state index contributed by atoms with van der Waals surface area (Å²) >= 11 is 0. The number of benzene rings is 1. The minimum absolute atomic E-state index is 0.478. The number of hydrogen-bond acceptors (Lipinski definition) is 2. The molecule has 0 spiro atoms. The van der Waals surface area contributed by atoms with E-state index < -0.39 is 35.9 Å². The zero-order valence-electron chi connectivity index (χ0n) is 9.27. The molecule has 114 valence electrons. The van der Waals surface area contributed by atoms with Gasteiger partial charge in [-0.1, -0.05) is 12.1 Å². The Morgan fingerprint density at radius 3 is 1.65 bits per heavy atom. The van der Waals surface area contributed by atoms with Gasteiger partial charge < -0.3 is 9.84 Å². The molecule has 0 aliphatic carbocycles. The van der Waals surface area contributed by atoms with Crippen LogP contribution in [0.5, 0.6) is 5.75 Å². The molecule has 1 aromatic carbocycles.